The maximum absolute atomic E-state index is 2.42. The Morgan fingerprint density at radius 3 is 1.63 bits per heavy atom. The van der Waals surface area contributed by atoms with Crippen LogP contribution in [0.15, 0.2) is 91.0 Å². The average molecular weight is 390 g/mol. The number of aromatic nitrogens is 1. The monoisotopic (exact) mass is 389 g/mol. The van der Waals surface area contributed by atoms with E-state index in [2.05, 4.69) is 109 Å². The molecule has 1 heteroatoms. The van der Waals surface area contributed by atoms with Gasteiger partial charge in [0.05, 0.1) is 0 Å². The first kappa shape index (κ1) is 18.7. The van der Waals surface area contributed by atoms with Crippen molar-refractivity contribution in [1.29, 1.82) is 0 Å². The van der Waals surface area contributed by atoms with E-state index in [4.69, 9.17) is 0 Å². The summed E-state index contributed by atoms with van der Waals surface area (Å²) in [5.41, 5.74) is 9.13. The Labute approximate surface area is 178 Å². The standard InChI is InChI=1S/C29H27N/c1-3-8-21-11-13-23(14-12-21)25-16-18-29-27(20-25)26-19-24(22-9-6-5-7-10-22)15-17-28(26)30(29)4-2/h5-7,9-20H,3-4,8H2,1-2H3. The zero-order chi connectivity index (χ0) is 20.5. The lowest BCUT2D eigenvalue weighted by atomic mass is 9.99. The summed E-state index contributed by atoms with van der Waals surface area (Å²) >= 11 is 0. The lowest BCUT2D eigenvalue weighted by molar-refractivity contribution is 0.827. The molecule has 148 valence electrons. The lowest BCUT2D eigenvalue weighted by Gasteiger charge is -2.06. The predicted molar refractivity (Wildman–Crippen MR) is 130 cm³/mol. The summed E-state index contributed by atoms with van der Waals surface area (Å²) < 4.78 is 2.42. The molecule has 0 saturated heterocycles. The zero-order valence-electron chi connectivity index (χ0n) is 17.7. The number of hydrogen-bond donors (Lipinski definition) is 0. The maximum Gasteiger partial charge on any atom is 0.0491 e. The first-order valence-electron chi connectivity index (χ1n) is 11.0. The van der Waals surface area contributed by atoms with Crippen molar-refractivity contribution >= 4 is 21.8 Å². The van der Waals surface area contributed by atoms with E-state index >= 15 is 0 Å². The fourth-order valence-electron chi connectivity index (χ4n) is 4.59. The Kier molecular flexibility index (Phi) is 4.88. The number of nitrogens with zero attached hydrogens (tertiary/aromatic N) is 1. The van der Waals surface area contributed by atoms with Gasteiger partial charge in [0.2, 0.25) is 0 Å². The summed E-state index contributed by atoms with van der Waals surface area (Å²) in [5, 5.41) is 2.66. The minimum atomic E-state index is 0.968. The number of rotatable bonds is 5. The summed E-state index contributed by atoms with van der Waals surface area (Å²) in [5.74, 6) is 0. The van der Waals surface area contributed by atoms with Crippen LogP contribution in [0, 0.1) is 0 Å². The molecular formula is C29H27N. The number of fused-ring (bicyclic) bond motifs is 3. The van der Waals surface area contributed by atoms with Gasteiger partial charge in [-0.15, -0.1) is 0 Å². The molecule has 0 bridgehead atoms. The van der Waals surface area contributed by atoms with Crippen molar-refractivity contribution in [1.82, 2.24) is 4.57 Å². The molecule has 0 N–H and O–H groups in total. The highest BCUT2D eigenvalue weighted by Gasteiger charge is 2.12. The highest BCUT2D eigenvalue weighted by molar-refractivity contribution is 6.10. The van der Waals surface area contributed by atoms with Crippen LogP contribution in [0.5, 0.6) is 0 Å². The Morgan fingerprint density at radius 1 is 0.567 bits per heavy atom. The molecule has 0 unspecified atom stereocenters. The average Bonchev–Trinajstić information content (AvgIpc) is 3.12. The second kappa shape index (κ2) is 7.84. The highest BCUT2D eigenvalue weighted by Crippen LogP contribution is 2.35. The first-order valence-corrected chi connectivity index (χ1v) is 11.0. The molecule has 0 amide bonds. The van der Waals surface area contributed by atoms with Crippen molar-refractivity contribution in [3.8, 4) is 22.3 Å². The molecule has 1 heterocycles. The minimum Gasteiger partial charge on any atom is -0.341 e. The summed E-state index contributed by atoms with van der Waals surface area (Å²) in [4.78, 5) is 0. The quantitative estimate of drug-likeness (QED) is 0.286. The second-order valence-corrected chi connectivity index (χ2v) is 8.02. The van der Waals surface area contributed by atoms with Crippen molar-refractivity contribution < 1.29 is 0 Å². The van der Waals surface area contributed by atoms with Crippen molar-refractivity contribution in [3.63, 3.8) is 0 Å². The van der Waals surface area contributed by atoms with Crippen LogP contribution < -0.4 is 0 Å². The summed E-state index contributed by atoms with van der Waals surface area (Å²) in [6, 6.07) is 33.5. The minimum absolute atomic E-state index is 0.968. The third-order valence-corrected chi connectivity index (χ3v) is 6.11. The molecule has 30 heavy (non-hydrogen) atoms. The predicted octanol–water partition coefficient (Wildman–Crippen LogP) is 8.10. The van der Waals surface area contributed by atoms with Gasteiger partial charge in [0.25, 0.3) is 0 Å². The van der Waals surface area contributed by atoms with Gasteiger partial charge >= 0.3 is 0 Å². The molecule has 0 aliphatic heterocycles. The van der Waals surface area contributed by atoms with Crippen LogP contribution in [-0.4, -0.2) is 4.57 Å². The Balaban J connectivity index is 1.68. The van der Waals surface area contributed by atoms with Crippen molar-refractivity contribution in [2.24, 2.45) is 0 Å². The van der Waals surface area contributed by atoms with E-state index in [1.807, 2.05) is 0 Å². The van der Waals surface area contributed by atoms with E-state index in [1.54, 1.807) is 0 Å². The zero-order valence-corrected chi connectivity index (χ0v) is 17.7. The highest BCUT2D eigenvalue weighted by atomic mass is 15.0. The molecule has 0 aliphatic carbocycles. The van der Waals surface area contributed by atoms with E-state index in [1.165, 1.54) is 56.0 Å². The molecule has 0 fully saturated rings. The van der Waals surface area contributed by atoms with Crippen molar-refractivity contribution in [2.45, 2.75) is 33.2 Å². The molecule has 0 aliphatic rings. The van der Waals surface area contributed by atoms with Gasteiger partial charge in [-0.25, -0.2) is 0 Å². The van der Waals surface area contributed by atoms with Gasteiger partial charge in [-0.1, -0.05) is 80.1 Å². The Bertz CT molecular complexity index is 1310. The molecule has 5 rings (SSSR count). The normalized spacial score (nSPS) is 11.4. The second-order valence-electron chi connectivity index (χ2n) is 8.02. The smallest absolute Gasteiger partial charge is 0.0491 e. The number of benzene rings is 4. The fraction of sp³-hybridized carbons (Fsp3) is 0.172. The van der Waals surface area contributed by atoms with Crippen LogP contribution in [0.3, 0.4) is 0 Å². The molecule has 1 nitrogen and oxygen atoms in total. The molecule has 0 spiro atoms. The maximum atomic E-state index is 2.42. The van der Waals surface area contributed by atoms with Gasteiger partial charge in [-0.05, 0) is 65.4 Å². The molecule has 0 saturated carbocycles. The Hall–Kier alpha value is -3.32. The lowest BCUT2D eigenvalue weighted by Crippen LogP contribution is -1.92. The van der Waals surface area contributed by atoms with Crippen molar-refractivity contribution in [2.75, 3.05) is 0 Å². The molecular weight excluding hydrogens is 362 g/mol. The van der Waals surface area contributed by atoms with Gasteiger partial charge in [0, 0.05) is 28.4 Å². The van der Waals surface area contributed by atoms with E-state index in [-0.39, 0.29) is 0 Å². The largest absolute Gasteiger partial charge is 0.341 e. The van der Waals surface area contributed by atoms with Crippen LogP contribution >= 0.6 is 0 Å². The molecule has 4 aromatic carbocycles. The summed E-state index contributed by atoms with van der Waals surface area (Å²) in [7, 11) is 0. The number of aryl methyl sites for hydroxylation is 2. The van der Waals surface area contributed by atoms with Crippen LogP contribution in [-0.2, 0) is 13.0 Å². The Morgan fingerprint density at radius 2 is 1.10 bits per heavy atom. The van der Waals surface area contributed by atoms with Crippen molar-refractivity contribution in [3.05, 3.63) is 96.6 Å². The van der Waals surface area contributed by atoms with Crippen LogP contribution in [0.1, 0.15) is 25.8 Å². The van der Waals surface area contributed by atoms with E-state index in [0.29, 0.717) is 0 Å². The first-order chi connectivity index (χ1) is 14.8. The van der Waals surface area contributed by atoms with Crippen LogP contribution in [0.4, 0.5) is 0 Å². The van der Waals surface area contributed by atoms with E-state index < -0.39 is 0 Å². The molecule has 5 aromatic rings. The van der Waals surface area contributed by atoms with E-state index in [0.717, 1.165) is 13.0 Å². The fourth-order valence-corrected chi connectivity index (χ4v) is 4.59. The summed E-state index contributed by atoms with van der Waals surface area (Å²) in [6.45, 7) is 5.43. The number of hydrogen-bond acceptors (Lipinski definition) is 0. The third-order valence-electron chi connectivity index (χ3n) is 6.11. The molecule has 1 aromatic heterocycles. The summed E-state index contributed by atoms with van der Waals surface area (Å²) in [6.07, 6.45) is 2.33. The van der Waals surface area contributed by atoms with Gasteiger partial charge in [-0.3, -0.25) is 0 Å². The van der Waals surface area contributed by atoms with E-state index in [9.17, 15) is 0 Å². The van der Waals surface area contributed by atoms with Gasteiger partial charge in [0.15, 0.2) is 0 Å². The van der Waals surface area contributed by atoms with Gasteiger partial charge in [-0.2, -0.15) is 0 Å². The van der Waals surface area contributed by atoms with Gasteiger partial charge in [0.1, 0.15) is 0 Å². The van der Waals surface area contributed by atoms with Crippen LogP contribution in [0.25, 0.3) is 44.1 Å². The topological polar surface area (TPSA) is 4.93 Å². The molecule has 0 atom stereocenters. The SMILES string of the molecule is CCCc1ccc(-c2ccc3c(c2)c2cc(-c4ccccc4)ccc2n3CC)cc1. The van der Waals surface area contributed by atoms with Gasteiger partial charge < -0.3 is 4.57 Å². The third kappa shape index (κ3) is 3.21. The molecule has 0 radical (unpaired) electrons. The van der Waals surface area contributed by atoms with Crippen LogP contribution in [0.2, 0.25) is 0 Å².